The van der Waals surface area contributed by atoms with Gasteiger partial charge in [-0.3, -0.25) is 35.2 Å². The third kappa shape index (κ3) is 4.38. The maximum atomic E-state index is 12.7. The Labute approximate surface area is 195 Å². The molecular formula is C21H12ClN5O7. The van der Waals surface area contributed by atoms with Crippen LogP contribution in [0.25, 0.3) is 6.08 Å². The zero-order valence-electron chi connectivity index (χ0n) is 16.9. The molecule has 3 aromatic rings. The van der Waals surface area contributed by atoms with Crippen molar-refractivity contribution in [2.75, 3.05) is 5.01 Å². The number of nitrogens with zero attached hydrogens (tertiary/aromatic N) is 4. The van der Waals surface area contributed by atoms with Crippen molar-refractivity contribution in [3.05, 3.63) is 97.2 Å². The van der Waals surface area contributed by atoms with Gasteiger partial charge in [0.2, 0.25) is 11.6 Å². The number of hydrazine groups is 1. The zero-order chi connectivity index (χ0) is 24.4. The molecule has 0 bridgehead atoms. The van der Waals surface area contributed by atoms with Crippen LogP contribution in [0.5, 0.6) is 11.6 Å². The number of hydrogen-bond donors (Lipinski definition) is 1. The molecule has 1 fully saturated rings. The Morgan fingerprint density at radius 1 is 1.03 bits per heavy atom. The first-order valence-electron chi connectivity index (χ1n) is 9.43. The summed E-state index contributed by atoms with van der Waals surface area (Å²) in [6, 6.07) is 13.0. The average Bonchev–Trinajstić information content (AvgIpc) is 3.09. The predicted molar refractivity (Wildman–Crippen MR) is 119 cm³/mol. The van der Waals surface area contributed by atoms with Crippen molar-refractivity contribution in [3.63, 3.8) is 0 Å². The van der Waals surface area contributed by atoms with E-state index in [2.05, 4.69) is 10.4 Å². The fourth-order valence-corrected chi connectivity index (χ4v) is 3.31. The summed E-state index contributed by atoms with van der Waals surface area (Å²) < 4.78 is 5.40. The SMILES string of the molecule is O=C1NN(c2ccccc2)C(=O)C1=Cc1cc(Cl)c(Oc2ccc([N+](=O)[O-])cn2)c([N+](=O)[O-])c1. The standard InChI is InChI=1S/C21H12ClN5O7/c22-16-9-12(8-15-20(28)24-25(21(15)29)13-4-2-1-3-5-13)10-17(27(32)33)19(16)34-18-7-6-14(11-23-18)26(30)31/h1-11H,(H,24,28). The molecule has 13 heteroatoms. The number of ether oxygens (including phenoxy) is 1. The first-order chi connectivity index (χ1) is 16.2. The maximum absolute atomic E-state index is 12.7. The number of nitro benzene ring substituents is 1. The van der Waals surface area contributed by atoms with Gasteiger partial charge in [-0.25, -0.2) is 9.99 Å². The molecule has 1 aromatic heterocycles. The van der Waals surface area contributed by atoms with Gasteiger partial charge in [0.05, 0.1) is 20.6 Å². The van der Waals surface area contributed by atoms with E-state index in [1.165, 1.54) is 12.1 Å². The molecule has 2 heterocycles. The number of hydrogen-bond acceptors (Lipinski definition) is 8. The smallest absolute Gasteiger partial charge is 0.313 e. The molecule has 2 amide bonds. The van der Waals surface area contributed by atoms with Gasteiger partial charge in [-0.05, 0) is 29.8 Å². The van der Waals surface area contributed by atoms with Gasteiger partial charge in [-0.1, -0.05) is 29.8 Å². The number of benzene rings is 2. The highest BCUT2D eigenvalue weighted by Crippen LogP contribution is 2.39. The number of nitrogens with one attached hydrogen (secondary N) is 1. The lowest BCUT2D eigenvalue weighted by atomic mass is 10.1. The van der Waals surface area contributed by atoms with Crippen LogP contribution < -0.4 is 15.2 Å². The van der Waals surface area contributed by atoms with Crippen molar-refractivity contribution in [2.45, 2.75) is 0 Å². The van der Waals surface area contributed by atoms with Crippen molar-refractivity contribution in [3.8, 4) is 11.6 Å². The Morgan fingerprint density at radius 3 is 2.38 bits per heavy atom. The molecule has 1 aliphatic rings. The fraction of sp³-hybridized carbons (Fsp3) is 0. The van der Waals surface area contributed by atoms with Crippen LogP contribution in [0.3, 0.4) is 0 Å². The summed E-state index contributed by atoms with van der Waals surface area (Å²) in [6.45, 7) is 0. The van der Waals surface area contributed by atoms with Crippen molar-refractivity contribution in [1.82, 2.24) is 10.4 Å². The molecule has 0 aliphatic carbocycles. The molecule has 0 unspecified atom stereocenters. The van der Waals surface area contributed by atoms with E-state index in [0.717, 1.165) is 29.4 Å². The van der Waals surface area contributed by atoms with Crippen LogP contribution in [0.4, 0.5) is 17.1 Å². The van der Waals surface area contributed by atoms with E-state index in [-0.39, 0.29) is 33.5 Å². The number of carbonyl (C=O) groups is 2. The summed E-state index contributed by atoms with van der Waals surface area (Å²) in [5, 5.41) is 23.2. The molecular weight excluding hydrogens is 470 g/mol. The van der Waals surface area contributed by atoms with Crippen molar-refractivity contribution < 1.29 is 24.2 Å². The van der Waals surface area contributed by atoms with Gasteiger partial charge in [0.25, 0.3) is 17.5 Å². The normalized spacial score (nSPS) is 14.3. The molecule has 0 radical (unpaired) electrons. The Kier molecular flexibility index (Phi) is 5.89. The van der Waals surface area contributed by atoms with Crippen LogP contribution in [0.1, 0.15) is 5.56 Å². The lowest BCUT2D eigenvalue weighted by Gasteiger charge is -2.13. The van der Waals surface area contributed by atoms with Crippen LogP contribution in [0.2, 0.25) is 5.02 Å². The summed E-state index contributed by atoms with van der Waals surface area (Å²) in [5.41, 5.74) is 1.86. The number of nitro groups is 2. The number of para-hydroxylation sites is 1. The second-order valence-electron chi connectivity index (χ2n) is 6.80. The average molecular weight is 482 g/mol. The number of carbonyl (C=O) groups excluding carboxylic acids is 2. The number of anilines is 1. The molecule has 0 spiro atoms. The van der Waals surface area contributed by atoms with Gasteiger partial charge in [0.1, 0.15) is 11.8 Å². The topological polar surface area (TPSA) is 158 Å². The minimum absolute atomic E-state index is 0.106. The van der Waals surface area contributed by atoms with E-state index < -0.39 is 27.3 Å². The molecule has 1 N–H and O–H groups in total. The third-order valence-electron chi connectivity index (χ3n) is 4.60. The molecule has 170 valence electrons. The summed E-state index contributed by atoms with van der Waals surface area (Å²) in [5.74, 6) is -1.86. The Morgan fingerprint density at radius 2 is 1.76 bits per heavy atom. The van der Waals surface area contributed by atoms with Crippen LogP contribution >= 0.6 is 11.6 Å². The summed E-state index contributed by atoms with van der Waals surface area (Å²) in [6.07, 6.45) is 2.10. The molecule has 4 rings (SSSR count). The Bertz CT molecular complexity index is 1360. The lowest BCUT2D eigenvalue weighted by molar-refractivity contribution is -0.385. The van der Waals surface area contributed by atoms with E-state index in [4.69, 9.17) is 16.3 Å². The third-order valence-corrected chi connectivity index (χ3v) is 4.88. The minimum Gasteiger partial charge on any atom is -0.430 e. The highest BCUT2D eigenvalue weighted by atomic mass is 35.5. The number of rotatable bonds is 6. The van der Waals surface area contributed by atoms with Crippen LogP contribution in [-0.2, 0) is 9.59 Å². The van der Waals surface area contributed by atoms with Crippen molar-refractivity contribution in [1.29, 1.82) is 0 Å². The summed E-state index contributed by atoms with van der Waals surface area (Å²) in [4.78, 5) is 49.8. The maximum Gasteiger partial charge on any atom is 0.313 e. The Hall–Kier alpha value is -4.84. The van der Waals surface area contributed by atoms with E-state index >= 15 is 0 Å². The summed E-state index contributed by atoms with van der Waals surface area (Å²) >= 11 is 6.20. The monoisotopic (exact) mass is 481 g/mol. The van der Waals surface area contributed by atoms with Gasteiger partial charge < -0.3 is 4.74 Å². The number of aromatic nitrogens is 1. The molecule has 0 saturated carbocycles. The van der Waals surface area contributed by atoms with Crippen LogP contribution in [-0.4, -0.2) is 26.6 Å². The zero-order valence-corrected chi connectivity index (χ0v) is 17.6. The molecule has 1 aliphatic heterocycles. The molecule has 0 atom stereocenters. The van der Waals surface area contributed by atoms with Gasteiger partial charge in [0.15, 0.2) is 0 Å². The first-order valence-corrected chi connectivity index (χ1v) is 9.81. The Balaban J connectivity index is 1.67. The second kappa shape index (κ2) is 8.96. The van der Waals surface area contributed by atoms with Gasteiger partial charge in [-0.15, -0.1) is 0 Å². The predicted octanol–water partition coefficient (Wildman–Crippen LogP) is 3.81. The lowest BCUT2D eigenvalue weighted by Crippen LogP contribution is -2.35. The highest BCUT2D eigenvalue weighted by Gasteiger charge is 2.34. The van der Waals surface area contributed by atoms with Gasteiger partial charge in [-0.2, -0.15) is 0 Å². The van der Waals surface area contributed by atoms with Gasteiger partial charge >= 0.3 is 5.69 Å². The molecule has 2 aromatic carbocycles. The number of pyridine rings is 1. The van der Waals surface area contributed by atoms with Crippen LogP contribution in [0.15, 0.2) is 66.4 Å². The van der Waals surface area contributed by atoms with Crippen LogP contribution in [0, 0.1) is 20.2 Å². The van der Waals surface area contributed by atoms with E-state index in [1.807, 2.05) is 0 Å². The van der Waals surface area contributed by atoms with E-state index in [1.54, 1.807) is 30.3 Å². The van der Waals surface area contributed by atoms with Gasteiger partial charge in [0, 0.05) is 18.2 Å². The largest absolute Gasteiger partial charge is 0.430 e. The molecule has 1 saturated heterocycles. The summed E-state index contributed by atoms with van der Waals surface area (Å²) in [7, 11) is 0. The quantitative estimate of drug-likeness (QED) is 0.241. The number of amides is 2. The van der Waals surface area contributed by atoms with Crippen molar-refractivity contribution >= 4 is 46.6 Å². The minimum atomic E-state index is -0.762. The van der Waals surface area contributed by atoms with E-state index in [0.29, 0.717) is 5.69 Å². The molecule has 34 heavy (non-hydrogen) atoms. The van der Waals surface area contributed by atoms with E-state index in [9.17, 15) is 29.8 Å². The fourth-order valence-electron chi connectivity index (χ4n) is 3.05. The first kappa shape index (κ1) is 22.4. The van der Waals surface area contributed by atoms with Crippen molar-refractivity contribution in [2.24, 2.45) is 0 Å². The highest BCUT2D eigenvalue weighted by molar-refractivity contribution is 6.33. The second-order valence-corrected chi connectivity index (χ2v) is 7.20. The molecule has 12 nitrogen and oxygen atoms in total. The number of halogens is 1.